The molecule has 102 valence electrons. The minimum atomic E-state index is 0.492. The van der Waals surface area contributed by atoms with Crippen LogP contribution >= 0.6 is 0 Å². The maximum absolute atomic E-state index is 5.73. The van der Waals surface area contributed by atoms with E-state index in [9.17, 15) is 0 Å². The van der Waals surface area contributed by atoms with Gasteiger partial charge in [-0.2, -0.15) is 5.10 Å². The van der Waals surface area contributed by atoms with E-state index in [2.05, 4.69) is 22.0 Å². The number of likely N-dealkylation sites (tertiary alicyclic amines) is 1. The zero-order valence-corrected chi connectivity index (χ0v) is 11.4. The molecule has 5 nitrogen and oxygen atoms in total. The van der Waals surface area contributed by atoms with Gasteiger partial charge in [0, 0.05) is 19.5 Å². The molecule has 19 heavy (non-hydrogen) atoms. The lowest BCUT2D eigenvalue weighted by Crippen LogP contribution is -2.33. The van der Waals surface area contributed by atoms with Crippen LogP contribution in [-0.4, -0.2) is 39.6 Å². The Kier molecular flexibility index (Phi) is 3.48. The first-order chi connectivity index (χ1) is 9.26. The molecular formula is C14H21N5. The van der Waals surface area contributed by atoms with Crippen molar-refractivity contribution in [3.05, 3.63) is 29.7 Å². The molecule has 1 aliphatic heterocycles. The highest BCUT2D eigenvalue weighted by molar-refractivity contribution is 5.38. The van der Waals surface area contributed by atoms with E-state index < -0.39 is 0 Å². The number of rotatable bonds is 3. The van der Waals surface area contributed by atoms with Crippen LogP contribution in [0, 0.1) is 5.92 Å². The molecule has 2 aromatic heterocycles. The Bertz CT molecular complexity index is 562. The topological polar surface area (TPSA) is 59.5 Å². The average Bonchev–Trinajstić information content (AvgIpc) is 2.80. The van der Waals surface area contributed by atoms with Gasteiger partial charge in [-0.1, -0.05) is 6.07 Å². The Labute approximate surface area is 113 Å². The molecule has 1 fully saturated rings. The highest BCUT2D eigenvalue weighted by Crippen LogP contribution is 2.19. The van der Waals surface area contributed by atoms with E-state index in [1.54, 1.807) is 0 Å². The lowest BCUT2D eigenvalue weighted by Gasteiger charge is -2.28. The van der Waals surface area contributed by atoms with Crippen LogP contribution in [0.5, 0.6) is 0 Å². The Morgan fingerprint density at radius 3 is 3.11 bits per heavy atom. The predicted octanol–water partition coefficient (Wildman–Crippen LogP) is 1.07. The fraction of sp³-hybridized carbons (Fsp3) is 0.571. The molecule has 0 aliphatic carbocycles. The highest BCUT2D eigenvalue weighted by atomic mass is 15.3. The molecule has 0 saturated carbocycles. The van der Waals surface area contributed by atoms with Crippen LogP contribution in [0.3, 0.4) is 0 Å². The van der Waals surface area contributed by atoms with Crippen molar-refractivity contribution in [2.75, 3.05) is 20.1 Å². The molecule has 2 N–H and O–H groups in total. The van der Waals surface area contributed by atoms with Crippen molar-refractivity contribution in [1.82, 2.24) is 19.5 Å². The fourth-order valence-corrected chi connectivity index (χ4v) is 2.94. The standard InChI is InChI=1S/C14H21N5/c1-18-7-3-4-11(10-18)8-13-16-14-6-2-5-12(9-15)19(14)17-13/h2,5-6,11H,3-4,7-10,15H2,1H3. The first-order valence-electron chi connectivity index (χ1n) is 6.98. The van der Waals surface area contributed by atoms with Crippen molar-refractivity contribution in [3.63, 3.8) is 0 Å². The van der Waals surface area contributed by atoms with E-state index in [1.165, 1.54) is 19.4 Å². The first-order valence-corrected chi connectivity index (χ1v) is 6.98. The summed E-state index contributed by atoms with van der Waals surface area (Å²) in [6.45, 7) is 2.86. The van der Waals surface area contributed by atoms with Gasteiger partial charge < -0.3 is 10.6 Å². The monoisotopic (exact) mass is 259 g/mol. The van der Waals surface area contributed by atoms with Gasteiger partial charge in [0.2, 0.25) is 0 Å². The summed E-state index contributed by atoms with van der Waals surface area (Å²) in [4.78, 5) is 7.02. The maximum atomic E-state index is 5.73. The normalized spacial score (nSPS) is 21.1. The van der Waals surface area contributed by atoms with Gasteiger partial charge in [-0.15, -0.1) is 0 Å². The maximum Gasteiger partial charge on any atom is 0.155 e. The number of hydrogen-bond donors (Lipinski definition) is 1. The molecular weight excluding hydrogens is 238 g/mol. The number of nitrogens with zero attached hydrogens (tertiary/aromatic N) is 4. The summed E-state index contributed by atoms with van der Waals surface area (Å²) in [5.41, 5.74) is 7.65. The third-order valence-corrected chi connectivity index (χ3v) is 3.88. The van der Waals surface area contributed by atoms with E-state index >= 15 is 0 Å². The zero-order valence-electron chi connectivity index (χ0n) is 11.4. The van der Waals surface area contributed by atoms with Crippen LogP contribution in [-0.2, 0) is 13.0 Å². The second kappa shape index (κ2) is 5.27. The SMILES string of the molecule is CN1CCCC(Cc2nc3cccc(CN)n3n2)C1. The molecule has 0 bridgehead atoms. The number of nitrogens with two attached hydrogens (primary N) is 1. The number of pyridine rings is 1. The third-order valence-electron chi connectivity index (χ3n) is 3.88. The van der Waals surface area contributed by atoms with Crippen LogP contribution in [0.25, 0.3) is 5.65 Å². The second-order valence-corrected chi connectivity index (χ2v) is 5.49. The van der Waals surface area contributed by atoms with Crippen molar-refractivity contribution in [2.24, 2.45) is 11.7 Å². The fourth-order valence-electron chi connectivity index (χ4n) is 2.94. The minimum absolute atomic E-state index is 0.492. The molecule has 3 heterocycles. The van der Waals surface area contributed by atoms with Gasteiger partial charge in [-0.25, -0.2) is 9.50 Å². The molecule has 5 heteroatoms. The van der Waals surface area contributed by atoms with Gasteiger partial charge in [0.05, 0.1) is 5.69 Å². The summed E-state index contributed by atoms with van der Waals surface area (Å²) in [7, 11) is 2.19. The third kappa shape index (κ3) is 2.62. The second-order valence-electron chi connectivity index (χ2n) is 5.49. The predicted molar refractivity (Wildman–Crippen MR) is 74.8 cm³/mol. The van der Waals surface area contributed by atoms with Crippen LogP contribution in [0.2, 0.25) is 0 Å². The summed E-state index contributed by atoms with van der Waals surface area (Å²) in [6.07, 6.45) is 3.53. The van der Waals surface area contributed by atoms with Crippen LogP contribution in [0.1, 0.15) is 24.4 Å². The quantitative estimate of drug-likeness (QED) is 0.896. The van der Waals surface area contributed by atoms with Crippen LogP contribution in [0.15, 0.2) is 18.2 Å². The summed E-state index contributed by atoms with van der Waals surface area (Å²) in [6, 6.07) is 5.98. The first kappa shape index (κ1) is 12.6. The van der Waals surface area contributed by atoms with Gasteiger partial charge in [-0.3, -0.25) is 0 Å². The van der Waals surface area contributed by atoms with Gasteiger partial charge >= 0.3 is 0 Å². The van der Waals surface area contributed by atoms with Gasteiger partial charge in [0.15, 0.2) is 11.5 Å². The van der Waals surface area contributed by atoms with Gasteiger partial charge in [0.25, 0.3) is 0 Å². The van der Waals surface area contributed by atoms with Crippen molar-refractivity contribution in [2.45, 2.75) is 25.8 Å². The molecule has 1 aliphatic rings. The molecule has 1 saturated heterocycles. The average molecular weight is 259 g/mol. The van der Waals surface area contributed by atoms with Gasteiger partial charge in [0.1, 0.15) is 0 Å². The molecule has 2 aromatic rings. The van der Waals surface area contributed by atoms with Crippen LogP contribution in [0.4, 0.5) is 0 Å². The molecule has 0 radical (unpaired) electrons. The summed E-state index contributed by atoms with van der Waals surface area (Å²) in [5, 5.41) is 4.61. The summed E-state index contributed by atoms with van der Waals surface area (Å²) < 4.78 is 1.88. The van der Waals surface area contributed by atoms with E-state index in [0.29, 0.717) is 12.5 Å². The Balaban J connectivity index is 1.81. The number of hydrogen-bond acceptors (Lipinski definition) is 4. The molecule has 0 aromatic carbocycles. The van der Waals surface area contributed by atoms with E-state index in [4.69, 9.17) is 5.73 Å². The zero-order chi connectivity index (χ0) is 13.2. The van der Waals surface area contributed by atoms with E-state index in [1.807, 2.05) is 22.7 Å². The molecule has 1 atom stereocenters. The van der Waals surface area contributed by atoms with E-state index in [-0.39, 0.29) is 0 Å². The van der Waals surface area contributed by atoms with Gasteiger partial charge in [-0.05, 0) is 44.5 Å². The van der Waals surface area contributed by atoms with Crippen LogP contribution < -0.4 is 5.73 Å². The highest BCUT2D eigenvalue weighted by Gasteiger charge is 2.19. The minimum Gasteiger partial charge on any atom is -0.325 e. The number of fused-ring (bicyclic) bond motifs is 1. The molecule has 0 spiro atoms. The lowest BCUT2D eigenvalue weighted by atomic mass is 9.95. The Morgan fingerprint density at radius 2 is 2.32 bits per heavy atom. The van der Waals surface area contributed by atoms with E-state index in [0.717, 1.165) is 30.1 Å². The molecule has 1 unspecified atom stereocenters. The van der Waals surface area contributed by atoms with Crippen molar-refractivity contribution >= 4 is 5.65 Å². The van der Waals surface area contributed by atoms with Crippen molar-refractivity contribution in [1.29, 1.82) is 0 Å². The number of aromatic nitrogens is 3. The Morgan fingerprint density at radius 1 is 1.42 bits per heavy atom. The molecule has 3 rings (SSSR count). The van der Waals surface area contributed by atoms with Crippen molar-refractivity contribution in [3.8, 4) is 0 Å². The van der Waals surface area contributed by atoms with Crippen molar-refractivity contribution < 1.29 is 0 Å². The largest absolute Gasteiger partial charge is 0.325 e. The molecule has 0 amide bonds. The smallest absolute Gasteiger partial charge is 0.155 e. The summed E-state index contributed by atoms with van der Waals surface area (Å²) >= 11 is 0. The number of piperidine rings is 1. The summed E-state index contributed by atoms with van der Waals surface area (Å²) in [5.74, 6) is 1.62. The lowest BCUT2D eigenvalue weighted by molar-refractivity contribution is 0.207. The Hall–Kier alpha value is -1.46.